The summed E-state index contributed by atoms with van der Waals surface area (Å²) in [5, 5.41) is 11.3. The molecule has 1 aliphatic heterocycles. The lowest BCUT2D eigenvalue weighted by atomic mass is 9.79. The summed E-state index contributed by atoms with van der Waals surface area (Å²) in [6, 6.07) is 15.3. The monoisotopic (exact) mass is 558 g/mol. The molecular weight excluding hydrogens is 526 g/mol. The molecule has 6 rings (SSSR count). The van der Waals surface area contributed by atoms with Crippen molar-refractivity contribution in [1.82, 2.24) is 20.3 Å². The number of anilines is 2. The Hall–Kier alpha value is -4.18. The van der Waals surface area contributed by atoms with E-state index >= 15 is 0 Å². The predicted octanol–water partition coefficient (Wildman–Crippen LogP) is 6.33. The van der Waals surface area contributed by atoms with Crippen LogP contribution >= 0.6 is 0 Å². The highest BCUT2D eigenvalue weighted by Gasteiger charge is 2.45. The highest BCUT2D eigenvalue weighted by Crippen LogP contribution is 2.44. The summed E-state index contributed by atoms with van der Waals surface area (Å²) >= 11 is 0. The molecule has 41 heavy (non-hydrogen) atoms. The number of nitrogens with one attached hydrogen (secondary N) is 3. The van der Waals surface area contributed by atoms with Crippen molar-refractivity contribution in [3.8, 4) is 22.9 Å². The Morgan fingerprint density at radius 2 is 1.95 bits per heavy atom. The van der Waals surface area contributed by atoms with Crippen molar-refractivity contribution in [2.45, 2.75) is 51.0 Å². The second-order valence-corrected chi connectivity index (χ2v) is 10.9. The summed E-state index contributed by atoms with van der Waals surface area (Å²) in [6.07, 6.45) is 5.16. The Kier molecular flexibility index (Phi) is 7.49. The second-order valence-electron chi connectivity index (χ2n) is 10.9. The lowest BCUT2D eigenvalue weighted by Crippen LogP contribution is -2.38. The van der Waals surface area contributed by atoms with Gasteiger partial charge in [-0.3, -0.25) is 4.79 Å². The Morgan fingerprint density at radius 3 is 2.76 bits per heavy atom. The van der Waals surface area contributed by atoms with E-state index in [1.165, 1.54) is 0 Å². The molecule has 10 heteroatoms. The van der Waals surface area contributed by atoms with Crippen LogP contribution in [0.25, 0.3) is 22.0 Å². The number of rotatable bonds is 8. The summed E-state index contributed by atoms with van der Waals surface area (Å²) in [4.78, 5) is 26.3. The van der Waals surface area contributed by atoms with Crippen molar-refractivity contribution in [1.29, 1.82) is 0 Å². The van der Waals surface area contributed by atoms with E-state index < -0.39 is 5.92 Å². The van der Waals surface area contributed by atoms with Crippen LogP contribution in [-0.4, -0.2) is 45.9 Å². The fourth-order valence-electron chi connectivity index (χ4n) is 5.58. The number of carbonyl (C=O) groups excluding carboxylic acids is 1. The van der Waals surface area contributed by atoms with Gasteiger partial charge in [-0.25, -0.2) is 23.7 Å². The van der Waals surface area contributed by atoms with Crippen LogP contribution in [0.15, 0.2) is 60.9 Å². The Labute approximate surface area is 237 Å². The minimum Gasteiger partial charge on any atom is -0.437 e. The number of ether oxygens (including phenoxy) is 1. The molecule has 0 spiro atoms. The normalized spacial score (nSPS) is 18.5. The van der Waals surface area contributed by atoms with Crippen LogP contribution in [0.3, 0.4) is 0 Å². The number of halogens is 2. The van der Waals surface area contributed by atoms with Crippen molar-refractivity contribution in [3.63, 3.8) is 0 Å². The molecule has 2 fully saturated rings. The number of hydrogen-bond donors (Lipinski definition) is 3. The van der Waals surface area contributed by atoms with Gasteiger partial charge in [0.1, 0.15) is 5.75 Å². The third-order valence-corrected chi connectivity index (χ3v) is 7.66. The van der Waals surface area contributed by atoms with Gasteiger partial charge in [-0.2, -0.15) is 0 Å². The van der Waals surface area contributed by atoms with Crippen molar-refractivity contribution in [2.24, 2.45) is 5.92 Å². The molecule has 1 saturated heterocycles. The summed E-state index contributed by atoms with van der Waals surface area (Å²) in [7, 11) is 0. The topological polar surface area (TPSA) is 101 Å². The van der Waals surface area contributed by atoms with Crippen molar-refractivity contribution < 1.29 is 18.3 Å². The minimum atomic E-state index is -2.64. The number of piperidine rings is 1. The molecular formula is C31H32F2N6O2. The first-order valence-corrected chi connectivity index (χ1v) is 14.0. The van der Waals surface area contributed by atoms with Gasteiger partial charge in [0.25, 0.3) is 0 Å². The Bertz CT molecular complexity index is 1570. The Balaban J connectivity index is 1.26. The van der Waals surface area contributed by atoms with Crippen LogP contribution in [-0.2, 0) is 4.79 Å². The number of amides is 1. The van der Waals surface area contributed by atoms with Crippen LogP contribution in [0, 0.1) is 12.8 Å². The average Bonchev–Trinajstić information content (AvgIpc) is 2.95. The lowest BCUT2D eigenvalue weighted by molar-refractivity contribution is -0.129. The molecule has 3 N–H and O–H groups in total. The third kappa shape index (κ3) is 6.12. The van der Waals surface area contributed by atoms with Crippen LogP contribution in [0.1, 0.15) is 37.7 Å². The van der Waals surface area contributed by atoms with Gasteiger partial charge in [0, 0.05) is 60.7 Å². The van der Waals surface area contributed by atoms with E-state index in [0.29, 0.717) is 29.0 Å². The number of carbonyl (C=O) groups is 1. The van der Waals surface area contributed by atoms with E-state index in [1.54, 1.807) is 18.5 Å². The fraction of sp³-hybridized carbons (Fsp3) is 0.355. The molecule has 2 aliphatic rings. The van der Waals surface area contributed by atoms with E-state index in [9.17, 15) is 13.6 Å². The van der Waals surface area contributed by atoms with Crippen molar-refractivity contribution in [2.75, 3.05) is 23.7 Å². The lowest BCUT2D eigenvalue weighted by Gasteiger charge is -2.34. The third-order valence-electron chi connectivity index (χ3n) is 7.66. The molecule has 0 bridgehead atoms. The molecule has 1 atom stereocenters. The number of alkyl halides is 2. The quantitative estimate of drug-likeness (QED) is 0.232. The van der Waals surface area contributed by atoms with Gasteiger partial charge in [0.05, 0.1) is 11.3 Å². The SMILES string of the molecule is Cc1ccc2c(NC(=O)CC3CC(F)(F)C3)cccc2c1Oc1ncccc1-c1ccnc(N[C@H]2CCCNC2)n1. The first kappa shape index (κ1) is 27.0. The fourth-order valence-corrected chi connectivity index (χ4v) is 5.58. The maximum Gasteiger partial charge on any atom is 0.248 e. The first-order valence-electron chi connectivity index (χ1n) is 14.0. The molecule has 0 radical (unpaired) electrons. The summed E-state index contributed by atoms with van der Waals surface area (Å²) in [5.41, 5.74) is 2.90. The van der Waals surface area contributed by atoms with Gasteiger partial charge in [-0.15, -0.1) is 0 Å². The maximum atomic E-state index is 13.2. The first-order chi connectivity index (χ1) is 19.8. The zero-order valence-electron chi connectivity index (χ0n) is 22.8. The predicted molar refractivity (Wildman–Crippen MR) is 154 cm³/mol. The standard InChI is InChI=1S/C31H32F2N6O2/c1-19-9-10-22-23(6-2-8-25(22)38-27(40)15-20-16-31(32,33)17-20)28(19)41-29-24(7-4-13-35-29)26-11-14-36-30(39-26)37-21-5-3-12-34-18-21/h2,4,6-11,13-14,20-21,34H,3,5,12,15-18H2,1H3,(H,38,40)(H,36,37,39)/t21-/m0/s1. The molecule has 212 valence electrons. The molecule has 0 unspecified atom stereocenters. The highest BCUT2D eigenvalue weighted by molar-refractivity contribution is 6.04. The number of pyridine rings is 1. The number of nitrogens with zero attached hydrogens (tertiary/aromatic N) is 3. The van der Waals surface area contributed by atoms with Crippen LogP contribution in [0.5, 0.6) is 11.6 Å². The molecule has 2 aromatic heterocycles. The molecule has 1 amide bonds. The largest absolute Gasteiger partial charge is 0.437 e. The zero-order chi connectivity index (χ0) is 28.4. The second kappa shape index (κ2) is 11.4. The van der Waals surface area contributed by atoms with E-state index in [2.05, 4.69) is 25.9 Å². The Morgan fingerprint density at radius 1 is 1.07 bits per heavy atom. The van der Waals surface area contributed by atoms with E-state index in [1.807, 2.05) is 49.4 Å². The zero-order valence-corrected chi connectivity index (χ0v) is 22.8. The number of benzene rings is 2. The smallest absolute Gasteiger partial charge is 0.248 e. The molecule has 2 aromatic carbocycles. The molecule has 1 aliphatic carbocycles. The highest BCUT2D eigenvalue weighted by atomic mass is 19.3. The van der Waals surface area contributed by atoms with Gasteiger partial charge in [-0.1, -0.05) is 24.3 Å². The molecule has 1 saturated carbocycles. The summed E-state index contributed by atoms with van der Waals surface area (Å²) < 4.78 is 32.9. The van der Waals surface area contributed by atoms with E-state index in [-0.39, 0.29) is 37.1 Å². The van der Waals surface area contributed by atoms with Gasteiger partial charge in [0.2, 0.25) is 23.7 Å². The number of aryl methyl sites for hydroxylation is 1. The van der Waals surface area contributed by atoms with Crippen molar-refractivity contribution in [3.05, 3.63) is 66.5 Å². The molecule has 4 aromatic rings. The van der Waals surface area contributed by atoms with E-state index in [4.69, 9.17) is 9.72 Å². The van der Waals surface area contributed by atoms with Crippen molar-refractivity contribution >= 4 is 28.3 Å². The van der Waals surface area contributed by atoms with Gasteiger partial charge in [-0.05, 0) is 62.1 Å². The van der Waals surface area contributed by atoms with Crippen LogP contribution in [0.2, 0.25) is 0 Å². The van der Waals surface area contributed by atoms with Gasteiger partial charge in [0.15, 0.2) is 0 Å². The number of hydrogen-bond acceptors (Lipinski definition) is 7. The molecule has 3 heterocycles. The van der Waals surface area contributed by atoms with Gasteiger partial charge < -0.3 is 20.7 Å². The summed E-state index contributed by atoms with van der Waals surface area (Å²) in [5.74, 6) is -1.65. The van der Waals surface area contributed by atoms with E-state index in [0.717, 1.165) is 47.8 Å². The van der Waals surface area contributed by atoms with Gasteiger partial charge >= 0.3 is 0 Å². The number of aromatic nitrogens is 3. The average molecular weight is 559 g/mol. The van der Waals surface area contributed by atoms with Crippen LogP contribution < -0.4 is 20.7 Å². The molecule has 8 nitrogen and oxygen atoms in total. The maximum absolute atomic E-state index is 13.2. The minimum absolute atomic E-state index is 0.0749. The summed E-state index contributed by atoms with van der Waals surface area (Å²) in [6.45, 7) is 3.84. The van der Waals surface area contributed by atoms with Crippen LogP contribution in [0.4, 0.5) is 20.4 Å². The number of fused-ring (bicyclic) bond motifs is 1.